The SMILES string of the molecule is NC(=O)c1ccc(CC2CCN([C@@H]3CCC[C@H](C(F)(F)F)C3)CC2)cc1. The highest BCUT2D eigenvalue weighted by molar-refractivity contribution is 5.92. The summed E-state index contributed by atoms with van der Waals surface area (Å²) < 4.78 is 39.1. The van der Waals surface area contributed by atoms with Gasteiger partial charge in [0, 0.05) is 11.6 Å². The minimum Gasteiger partial charge on any atom is -0.366 e. The molecule has 2 atom stereocenters. The number of nitrogens with zero attached hydrogens (tertiary/aromatic N) is 1. The van der Waals surface area contributed by atoms with Gasteiger partial charge in [0.15, 0.2) is 0 Å². The van der Waals surface area contributed by atoms with E-state index in [2.05, 4.69) is 4.90 Å². The third kappa shape index (κ3) is 4.78. The first-order valence-corrected chi connectivity index (χ1v) is 9.52. The van der Waals surface area contributed by atoms with Gasteiger partial charge in [0.25, 0.3) is 0 Å². The predicted octanol–water partition coefficient (Wildman–Crippen LogP) is 4.16. The van der Waals surface area contributed by atoms with Crippen LogP contribution in [-0.2, 0) is 6.42 Å². The molecule has 1 saturated heterocycles. The molecule has 1 aromatic carbocycles. The molecule has 6 heteroatoms. The Kier molecular flexibility index (Phi) is 5.90. The molecule has 0 aromatic heterocycles. The number of rotatable bonds is 4. The van der Waals surface area contributed by atoms with E-state index in [1.165, 1.54) is 5.56 Å². The molecule has 0 bridgehead atoms. The quantitative estimate of drug-likeness (QED) is 0.867. The van der Waals surface area contributed by atoms with Crippen LogP contribution in [0.25, 0.3) is 0 Å². The van der Waals surface area contributed by atoms with Crippen LogP contribution in [-0.4, -0.2) is 36.1 Å². The Hall–Kier alpha value is -1.56. The summed E-state index contributed by atoms with van der Waals surface area (Å²) in [5.41, 5.74) is 6.95. The highest BCUT2D eigenvalue weighted by Gasteiger charge is 2.43. The summed E-state index contributed by atoms with van der Waals surface area (Å²) in [5.74, 6) is -0.995. The Morgan fingerprint density at radius 2 is 1.73 bits per heavy atom. The average Bonchev–Trinajstić information content (AvgIpc) is 2.62. The standard InChI is InChI=1S/C20H27F3N2O/c21-20(22,23)17-2-1-3-18(13-17)25-10-8-15(9-11-25)12-14-4-6-16(7-5-14)19(24)26/h4-7,15,17-18H,1-3,8-13H2,(H2,24,26)/t17-,18+/m0/s1. The number of benzene rings is 1. The van der Waals surface area contributed by atoms with E-state index < -0.39 is 18.0 Å². The third-order valence-electron chi connectivity index (χ3n) is 6.04. The van der Waals surface area contributed by atoms with Gasteiger partial charge < -0.3 is 10.6 Å². The van der Waals surface area contributed by atoms with E-state index in [1.54, 1.807) is 12.1 Å². The third-order valence-corrected chi connectivity index (χ3v) is 6.04. The van der Waals surface area contributed by atoms with Crippen LogP contribution in [0.2, 0.25) is 0 Å². The molecule has 0 unspecified atom stereocenters. The highest BCUT2D eigenvalue weighted by Crippen LogP contribution is 2.39. The van der Waals surface area contributed by atoms with Gasteiger partial charge in [-0.15, -0.1) is 0 Å². The van der Waals surface area contributed by atoms with Crippen LogP contribution >= 0.6 is 0 Å². The first kappa shape index (κ1) is 19.2. The zero-order chi connectivity index (χ0) is 18.7. The maximum atomic E-state index is 13.0. The summed E-state index contributed by atoms with van der Waals surface area (Å²) in [7, 11) is 0. The molecule has 2 fully saturated rings. The smallest absolute Gasteiger partial charge is 0.366 e. The van der Waals surface area contributed by atoms with Crippen LogP contribution < -0.4 is 5.73 Å². The number of carbonyl (C=O) groups excluding carboxylic acids is 1. The molecule has 0 spiro atoms. The Balaban J connectivity index is 1.49. The zero-order valence-electron chi connectivity index (χ0n) is 15.0. The molecule has 1 aliphatic heterocycles. The van der Waals surface area contributed by atoms with Crippen LogP contribution in [0.15, 0.2) is 24.3 Å². The van der Waals surface area contributed by atoms with E-state index in [0.717, 1.165) is 38.8 Å². The Morgan fingerprint density at radius 3 is 2.31 bits per heavy atom. The van der Waals surface area contributed by atoms with Crippen LogP contribution in [0, 0.1) is 11.8 Å². The predicted molar refractivity (Wildman–Crippen MR) is 94.8 cm³/mol. The van der Waals surface area contributed by atoms with E-state index in [9.17, 15) is 18.0 Å². The van der Waals surface area contributed by atoms with Crippen molar-refractivity contribution in [1.82, 2.24) is 4.90 Å². The Morgan fingerprint density at radius 1 is 1.08 bits per heavy atom. The molecule has 3 rings (SSSR count). The van der Waals surface area contributed by atoms with Crippen LogP contribution in [0.4, 0.5) is 13.2 Å². The van der Waals surface area contributed by atoms with Crippen molar-refractivity contribution in [1.29, 1.82) is 0 Å². The van der Waals surface area contributed by atoms with Crippen molar-refractivity contribution >= 4 is 5.91 Å². The second-order valence-electron chi connectivity index (χ2n) is 7.80. The van der Waals surface area contributed by atoms with Gasteiger partial charge >= 0.3 is 6.18 Å². The summed E-state index contributed by atoms with van der Waals surface area (Å²) in [6.45, 7) is 1.78. The van der Waals surface area contributed by atoms with Crippen LogP contribution in [0.5, 0.6) is 0 Å². The molecule has 2 aliphatic rings. The molecule has 26 heavy (non-hydrogen) atoms. The van der Waals surface area contributed by atoms with Gasteiger partial charge in [0.05, 0.1) is 5.92 Å². The average molecular weight is 368 g/mol. The largest absolute Gasteiger partial charge is 0.391 e. The second kappa shape index (κ2) is 7.99. The van der Waals surface area contributed by atoms with E-state index >= 15 is 0 Å². The van der Waals surface area contributed by atoms with Gasteiger partial charge in [0.2, 0.25) is 5.91 Å². The number of amides is 1. The maximum Gasteiger partial charge on any atom is 0.391 e. The zero-order valence-corrected chi connectivity index (χ0v) is 15.0. The summed E-state index contributed by atoms with van der Waals surface area (Å²) in [4.78, 5) is 13.4. The fourth-order valence-electron chi connectivity index (χ4n) is 4.45. The lowest BCUT2D eigenvalue weighted by molar-refractivity contribution is -0.187. The number of likely N-dealkylation sites (tertiary alicyclic amines) is 1. The molecular weight excluding hydrogens is 341 g/mol. The van der Waals surface area contributed by atoms with Crippen molar-refractivity contribution in [3.8, 4) is 0 Å². The lowest BCUT2D eigenvalue weighted by atomic mass is 9.82. The number of nitrogens with two attached hydrogens (primary N) is 1. The summed E-state index contributed by atoms with van der Waals surface area (Å²) in [6, 6.07) is 7.49. The van der Waals surface area contributed by atoms with Gasteiger partial charge in [-0.05, 0) is 75.2 Å². The van der Waals surface area contributed by atoms with Gasteiger partial charge in [-0.1, -0.05) is 18.6 Å². The molecule has 1 saturated carbocycles. The van der Waals surface area contributed by atoms with Crippen molar-refractivity contribution in [2.45, 2.75) is 57.2 Å². The number of carbonyl (C=O) groups is 1. The maximum absolute atomic E-state index is 13.0. The molecule has 1 aliphatic carbocycles. The summed E-state index contributed by atoms with van der Waals surface area (Å²) in [5, 5.41) is 0. The van der Waals surface area contributed by atoms with Crippen LogP contribution in [0.3, 0.4) is 0 Å². The summed E-state index contributed by atoms with van der Waals surface area (Å²) >= 11 is 0. The molecule has 2 N–H and O–H groups in total. The fourth-order valence-corrected chi connectivity index (χ4v) is 4.45. The molecule has 0 radical (unpaired) electrons. The Labute approximate surface area is 152 Å². The number of halogens is 3. The van der Waals surface area contributed by atoms with Crippen molar-refractivity contribution in [3.05, 3.63) is 35.4 Å². The number of primary amides is 1. The number of hydrogen-bond donors (Lipinski definition) is 1. The van der Waals surface area contributed by atoms with Crippen molar-refractivity contribution in [2.75, 3.05) is 13.1 Å². The number of alkyl halides is 3. The van der Waals surface area contributed by atoms with E-state index in [4.69, 9.17) is 5.73 Å². The van der Waals surface area contributed by atoms with Crippen molar-refractivity contribution in [2.24, 2.45) is 17.6 Å². The van der Waals surface area contributed by atoms with E-state index in [0.29, 0.717) is 17.9 Å². The summed E-state index contributed by atoms with van der Waals surface area (Å²) in [6.07, 6.45) is 1.07. The Bertz CT molecular complexity index is 606. The molecule has 1 aromatic rings. The van der Waals surface area contributed by atoms with E-state index in [-0.39, 0.29) is 18.9 Å². The second-order valence-corrected chi connectivity index (χ2v) is 7.80. The fraction of sp³-hybridized carbons (Fsp3) is 0.650. The monoisotopic (exact) mass is 368 g/mol. The van der Waals surface area contributed by atoms with Crippen molar-refractivity contribution < 1.29 is 18.0 Å². The van der Waals surface area contributed by atoms with Gasteiger partial charge in [-0.2, -0.15) is 13.2 Å². The lowest BCUT2D eigenvalue weighted by Crippen LogP contribution is -2.45. The van der Waals surface area contributed by atoms with Gasteiger partial charge in [0.1, 0.15) is 0 Å². The van der Waals surface area contributed by atoms with Crippen molar-refractivity contribution in [3.63, 3.8) is 0 Å². The molecular formula is C20H27F3N2O. The topological polar surface area (TPSA) is 46.3 Å². The van der Waals surface area contributed by atoms with E-state index in [1.807, 2.05) is 12.1 Å². The minimum absolute atomic E-state index is 0.0891. The van der Waals surface area contributed by atoms with Gasteiger partial charge in [-0.25, -0.2) is 0 Å². The first-order valence-electron chi connectivity index (χ1n) is 9.52. The highest BCUT2D eigenvalue weighted by atomic mass is 19.4. The molecule has 144 valence electrons. The van der Waals surface area contributed by atoms with Crippen LogP contribution in [0.1, 0.15) is 54.4 Å². The lowest BCUT2D eigenvalue weighted by Gasteiger charge is -2.41. The minimum atomic E-state index is -4.05. The van der Waals surface area contributed by atoms with Gasteiger partial charge in [-0.3, -0.25) is 4.79 Å². The first-order chi connectivity index (χ1) is 12.3. The normalized spacial score (nSPS) is 26.0. The molecule has 3 nitrogen and oxygen atoms in total. The number of hydrogen-bond acceptors (Lipinski definition) is 2. The molecule has 1 heterocycles. The number of piperidine rings is 1. The molecule has 1 amide bonds.